The average Bonchev–Trinajstić information content (AvgIpc) is 2.83. The van der Waals surface area contributed by atoms with Crippen molar-refractivity contribution < 1.29 is 14.3 Å². The number of likely N-dealkylation sites (tertiary alicyclic amines) is 1. The van der Waals surface area contributed by atoms with Crippen LogP contribution in [0, 0.1) is 0 Å². The number of rotatable bonds is 4. The number of hydrogen-bond acceptors (Lipinski definition) is 4. The summed E-state index contributed by atoms with van der Waals surface area (Å²) in [7, 11) is 0. The second kappa shape index (κ2) is 5.81. The maximum absolute atomic E-state index is 12.2. The predicted octanol–water partition coefficient (Wildman–Crippen LogP) is 0.914. The van der Waals surface area contributed by atoms with Crippen LogP contribution >= 0.6 is 0 Å². The Morgan fingerprint density at radius 3 is 2.70 bits per heavy atom. The molecule has 1 aromatic carbocycles. The van der Waals surface area contributed by atoms with Crippen molar-refractivity contribution in [1.29, 1.82) is 0 Å². The molecule has 0 aromatic heterocycles. The highest BCUT2D eigenvalue weighted by molar-refractivity contribution is 5.78. The molecule has 2 atom stereocenters. The van der Waals surface area contributed by atoms with Gasteiger partial charge in [0.1, 0.15) is 5.75 Å². The molecule has 5 nitrogen and oxygen atoms in total. The van der Waals surface area contributed by atoms with Crippen LogP contribution in [0.2, 0.25) is 0 Å². The molecular formula is C15H20N2O3. The number of morpholine rings is 1. The minimum absolute atomic E-state index is 0.0250. The molecule has 2 N–H and O–H groups in total. The summed E-state index contributed by atoms with van der Waals surface area (Å²) in [5.41, 5.74) is 6.57. The van der Waals surface area contributed by atoms with Crippen molar-refractivity contribution in [3.05, 3.63) is 29.8 Å². The van der Waals surface area contributed by atoms with E-state index in [1.54, 1.807) is 0 Å². The molecule has 2 fully saturated rings. The molecule has 3 rings (SSSR count). The number of fused-ring (bicyclic) bond motifs is 2. The van der Waals surface area contributed by atoms with Crippen molar-refractivity contribution in [3.63, 3.8) is 0 Å². The molecule has 5 heteroatoms. The number of nitrogens with zero attached hydrogens (tertiary/aromatic N) is 1. The number of nitrogens with two attached hydrogens (primary N) is 1. The molecular weight excluding hydrogens is 256 g/mol. The van der Waals surface area contributed by atoms with Gasteiger partial charge in [0.2, 0.25) is 0 Å². The van der Waals surface area contributed by atoms with Crippen LogP contribution in [0.5, 0.6) is 5.75 Å². The van der Waals surface area contributed by atoms with Crippen LogP contribution in [0.3, 0.4) is 0 Å². The topological polar surface area (TPSA) is 64.8 Å². The van der Waals surface area contributed by atoms with Crippen LogP contribution in [0.4, 0.5) is 0 Å². The molecule has 2 unspecified atom stereocenters. The zero-order chi connectivity index (χ0) is 13.9. The second-order valence-electron chi connectivity index (χ2n) is 5.36. The summed E-state index contributed by atoms with van der Waals surface area (Å²) in [5.74, 6) is 0.719. The predicted molar refractivity (Wildman–Crippen MR) is 74.3 cm³/mol. The Hall–Kier alpha value is -1.59. The van der Waals surface area contributed by atoms with Gasteiger partial charge >= 0.3 is 0 Å². The first-order chi connectivity index (χ1) is 9.76. The first-order valence-electron chi connectivity index (χ1n) is 7.10. The average molecular weight is 276 g/mol. The molecule has 1 aromatic rings. The molecule has 0 aliphatic carbocycles. The van der Waals surface area contributed by atoms with E-state index in [1.807, 2.05) is 29.2 Å². The largest absolute Gasteiger partial charge is 0.483 e. The molecule has 108 valence electrons. The number of carbonyl (C=O) groups excluding carboxylic acids is 1. The maximum atomic E-state index is 12.2. The van der Waals surface area contributed by atoms with Crippen LogP contribution in [0.25, 0.3) is 0 Å². The Morgan fingerprint density at radius 1 is 1.30 bits per heavy atom. The van der Waals surface area contributed by atoms with Crippen LogP contribution in [0.15, 0.2) is 24.3 Å². The molecule has 1 amide bonds. The monoisotopic (exact) mass is 276 g/mol. The third kappa shape index (κ3) is 2.78. The molecule has 0 saturated carbocycles. The van der Waals surface area contributed by atoms with Gasteiger partial charge in [0.25, 0.3) is 5.91 Å². The molecule has 2 aliphatic heterocycles. The first-order valence-corrected chi connectivity index (χ1v) is 7.10. The van der Waals surface area contributed by atoms with Gasteiger partial charge in [0, 0.05) is 25.2 Å². The fraction of sp³-hybridized carbons (Fsp3) is 0.533. The van der Waals surface area contributed by atoms with Crippen molar-refractivity contribution >= 4 is 5.91 Å². The van der Waals surface area contributed by atoms with Crippen LogP contribution < -0.4 is 10.5 Å². The summed E-state index contributed by atoms with van der Waals surface area (Å²) in [6.45, 7) is 1.86. The number of carbonyl (C=O) groups is 1. The van der Waals surface area contributed by atoms with E-state index in [0.717, 1.165) is 18.4 Å². The van der Waals surface area contributed by atoms with Crippen molar-refractivity contribution in [2.45, 2.75) is 31.6 Å². The Balaban J connectivity index is 1.57. The minimum Gasteiger partial charge on any atom is -0.483 e. The quantitative estimate of drug-likeness (QED) is 0.888. The van der Waals surface area contributed by atoms with Crippen molar-refractivity contribution in [1.82, 2.24) is 4.90 Å². The van der Waals surface area contributed by atoms with E-state index in [1.165, 1.54) is 0 Å². The van der Waals surface area contributed by atoms with Gasteiger partial charge < -0.3 is 20.1 Å². The summed E-state index contributed by atoms with van der Waals surface area (Å²) < 4.78 is 11.3. The Labute approximate surface area is 118 Å². The Morgan fingerprint density at radius 2 is 2.00 bits per heavy atom. The van der Waals surface area contributed by atoms with Gasteiger partial charge in [-0.2, -0.15) is 0 Å². The summed E-state index contributed by atoms with van der Waals surface area (Å²) >= 11 is 0. The molecule has 0 spiro atoms. The van der Waals surface area contributed by atoms with Crippen LogP contribution in [-0.2, 0) is 16.1 Å². The van der Waals surface area contributed by atoms with Crippen LogP contribution in [0.1, 0.15) is 18.4 Å². The van der Waals surface area contributed by atoms with Gasteiger partial charge in [-0.3, -0.25) is 4.79 Å². The van der Waals surface area contributed by atoms with Crippen molar-refractivity contribution in [2.24, 2.45) is 5.73 Å². The number of ether oxygens (including phenoxy) is 2. The summed E-state index contributed by atoms with van der Waals surface area (Å²) in [6.07, 6.45) is 2.56. The maximum Gasteiger partial charge on any atom is 0.260 e. The molecule has 2 bridgehead atoms. The standard InChI is InChI=1S/C15H20N2O3/c16-7-11-3-1-2-4-14(11)19-10-15(18)17-8-12-5-6-13(9-17)20-12/h1-4,12-13H,5-10,16H2. The number of benzene rings is 1. The highest BCUT2D eigenvalue weighted by Crippen LogP contribution is 2.26. The second-order valence-corrected chi connectivity index (χ2v) is 5.36. The SMILES string of the molecule is NCc1ccccc1OCC(=O)N1CC2CCC(C1)O2. The zero-order valence-corrected chi connectivity index (χ0v) is 11.5. The zero-order valence-electron chi connectivity index (χ0n) is 11.5. The van der Waals surface area contributed by atoms with Gasteiger partial charge in [0.05, 0.1) is 12.2 Å². The van der Waals surface area contributed by atoms with E-state index >= 15 is 0 Å². The Bertz CT molecular complexity index is 480. The molecule has 2 heterocycles. The lowest BCUT2D eigenvalue weighted by Crippen LogP contribution is -2.47. The van der Waals surface area contributed by atoms with Gasteiger partial charge in [-0.15, -0.1) is 0 Å². The van der Waals surface area contributed by atoms with Gasteiger partial charge in [-0.05, 0) is 18.9 Å². The summed E-state index contributed by atoms with van der Waals surface area (Å²) in [5, 5.41) is 0. The minimum atomic E-state index is 0.0250. The Kier molecular flexibility index (Phi) is 3.89. The van der Waals surface area contributed by atoms with Crippen molar-refractivity contribution in [3.8, 4) is 5.75 Å². The van der Waals surface area contributed by atoms with Crippen molar-refractivity contribution in [2.75, 3.05) is 19.7 Å². The van der Waals surface area contributed by atoms with Gasteiger partial charge in [-0.1, -0.05) is 18.2 Å². The van der Waals surface area contributed by atoms with E-state index in [-0.39, 0.29) is 24.7 Å². The lowest BCUT2D eigenvalue weighted by atomic mass is 10.2. The third-order valence-corrected chi connectivity index (χ3v) is 3.94. The normalized spacial score (nSPS) is 24.8. The fourth-order valence-electron chi connectivity index (χ4n) is 2.86. The summed E-state index contributed by atoms with van der Waals surface area (Å²) in [4.78, 5) is 14.1. The fourth-order valence-corrected chi connectivity index (χ4v) is 2.86. The van der Waals surface area contributed by atoms with E-state index in [0.29, 0.717) is 25.4 Å². The molecule has 20 heavy (non-hydrogen) atoms. The molecule has 2 saturated heterocycles. The smallest absolute Gasteiger partial charge is 0.260 e. The number of hydrogen-bond donors (Lipinski definition) is 1. The third-order valence-electron chi connectivity index (χ3n) is 3.94. The van der Waals surface area contributed by atoms with E-state index in [2.05, 4.69) is 0 Å². The van der Waals surface area contributed by atoms with Gasteiger partial charge in [0.15, 0.2) is 6.61 Å². The molecule has 2 aliphatic rings. The number of para-hydroxylation sites is 1. The van der Waals surface area contributed by atoms with E-state index in [9.17, 15) is 4.79 Å². The number of amides is 1. The highest BCUT2D eigenvalue weighted by atomic mass is 16.5. The van der Waals surface area contributed by atoms with E-state index < -0.39 is 0 Å². The lowest BCUT2D eigenvalue weighted by Gasteiger charge is -2.32. The van der Waals surface area contributed by atoms with Crippen LogP contribution in [-0.4, -0.2) is 42.7 Å². The summed E-state index contributed by atoms with van der Waals surface area (Å²) in [6, 6.07) is 7.55. The first kappa shape index (κ1) is 13.4. The van der Waals surface area contributed by atoms with E-state index in [4.69, 9.17) is 15.2 Å². The highest BCUT2D eigenvalue weighted by Gasteiger charge is 2.35. The lowest BCUT2D eigenvalue weighted by molar-refractivity contribution is -0.141. The van der Waals surface area contributed by atoms with Gasteiger partial charge in [-0.25, -0.2) is 0 Å². The molecule has 0 radical (unpaired) electrons.